The fourth-order valence-electron chi connectivity index (χ4n) is 3.63. The number of methoxy groups -OCH3 is 1. The molecule has 1 amide bonds. The third-order valence-electron chi connectivity index (χ3n) is 5.10. The summed E-state index contributed by atoms with van der Waals surface area (Å²) in [5, 5.41) is 14.5. The fourth-order valence-corrected chi connectivity index (χ4v) is 4.01. The second-order valence-electron chi connectivity index (χ2n) is 6.87. The van der Waals surface area contributed by atoms with Crippen molar-refractivity contribution in [3.8, 4) is 11.8 Å². The van der Waals surface area contributed by atoms with Crippen LogP contribution in [0, 0.1) is 11.3 Å². The summed E-state index contributed by atoms with van der Waals surface area (Å²) in [4.78, 5) is 14.8. The molecule has 0 bridgehead atoms. The maximum absolute atomic E-state index is 13.1. The molecule has 0 saturated heterocycles. The van der Waals surface area contributed by atoms with E-state index in [0.29, 0.717) is 35.8 Å². The summed E-state index contributed by atoms with van der Waals surface area (Å²) in [7, 11) is 1.62. The Hall–Kier alpha value is -3.08. The molecule has 0 aromatic heterocycles. The van der Waals surface area contributed by atoms with Gasteiger partial charge in [0.25, 0.3) is 0 Å². The van der Waals surface area contributed by atoms with E-state index in [1.54, 1.807) is 30.2 Å². The van der Waals surface area contributed by atoms with Gasteiger partial charge in [0.15, 0.2) is 0 Å². The quantitative estimate of drug-likeness (QED) is 0.633. The Morgan fingerprint density at radius 2 is 2.10 bits per heavy atom. The van der Waals surface area contributed by atoms with Crippen LogP contribution in [-0.2, 0) is 11.3 Å². The number of carbonyl (C=O) groups excluding carboxylic acids is 1. The predicted molar refractivity (Wildman–Crippen MR) is 117 cm³/mol. The number of ether oxygens (including phenoxy) is 1. The molecular weight excluding hydrogens is 432 g/mol. The molecule has 146 valence electrons. The Morgan fingerprint density at radius 3 is 2.86 bits per heavy atom. The number of hydrogen-bond acceptors (Lipinski definition) is 5. The number of carbonyl (C=O) groups is 1. The minimum atomic E-state index is -0.692. The number of benzene rings is 3. The topological polar surface area (TPSA) is 91.4 Å². The maximum Gasteiger partial charge on any atom is 0.246 e. The van der Waals surface area contributed by atoms with E-state index in [1.165, 1.54) is 0 Å². The minimum absolute atomic E-state index is 0.183. The van der Waals surface area contributed by atoms with Gasteiger partial charge in [-0.15, -0.1) is 0 Å². The molecular formula is C22H19BrN4O2. The Morgan fingerprint density at radius 1 is 1.28 bits per heavy atom. The first-order valence-electron chi connectivity index (χ1n) is 9.12. The third kappa shape index (κ3) is 3.53. The summed E-state index contributed by atoms with van der Waals surface area (Å²) >= 11 is 3.51. The molecule has 3 aromatic rings. The average Bonchev–Trinajstić information content (AvgIpc) is 2.85. The van der Waals surface area contributed by atoms with E-state index in [1.807, 2.05) is 30.3 Å². The van der Waals surface area contributed by atoms with Gasteiger partial charge in [0.05, 0.1) is 36.7 Å². The van der Waals surface area contributed by atoms with E-state index in [2.05, 4.69) is 27.3 Å². The van der Waals surface area contributed by atoms with Crippen LogP contribution in [-0.4, -0.2) is 25.6 Å². The smallest absolute Gasteiger partial charge is 0.246 e. The normalized spacial score (nSPS) is 16.0. The van der Waals surface area contributed by atoms with Gasteiger partial charge in [-0.3, -0.25) is 4.79 Å². The van der Waals surface area contributed by atoms with Gasteiger partial charge in [-0.1, -0.05) is 28.1 Å². The Balaban J connectivity index is 1.87. The van der Waals surface area contributed by atoms with Crippen molar-refractivity contribution in [2.45, 2.75) is 12.6 Å². The first kappa shape index (κ1) is 19.2. The highest BCUT2D eigenvalue weighted by Crippen LogP contribution is 2.35. The number of amides is 1. The van der Waals surface area contributed by atoms with Crippen molar-refractivity contribution in [2.75, 3.05) is 23.9 Å². The predicted octanol–water partition coefficient (Wildman–Crippen LogP) is 3.77. The van der Waals surface area contributed by atoms with Crippen molar-refractivity contribution in [2.24, 2.45) is 5.73 Å². The molecule has 1 heterocycles. The van der Waals surface area contributed by atoms with E-state index >= 15 is 0 Å². The molecule has 0 saturated carbocycles. The van der Waals surface area contributed by atoms with Gasteiger partial charge in [0.1, 0.15) is 11.8 Å². The molecule has 3 N–H and O–H groups in total. The van der Waals surface area contributed by atoms with E-state index in [0.717, 1.165) is 20.8 Å². The molecule has 1 unspecified atom stereocenters. The van der Waals surface area contributed by atoms with Gasteiger partial charge in [-0.05, 0) is 47.2 Å². The van der Waals surface area contributed by atoms with Gasteiger partial charge in [-0.2, -0.15) is 5.26 Å². The number of anilines is 2. The lowest BCUT2D eigenvalue weighted by Crippen LogP contribution is -2.45. The standard InChI is InChI=1S/C22H19BrN4O2/c1-29-21-7-3-14-9-15(23)4-5-16(14)17(21)12-27-20-6-2-13(10-24)8-19(20)26-11-18(25)22(27)28/h2-9,18,26H,11-12,25H2,1H3. The van der Waals surface area contributed by atoms with Gasteiger partial charge in [0.2, 0.25) is 5.91 Å². The lowest BCUT2D eigenvalue weighted by atomic mass is 10.0. The number of nitrogens with zero attached hydrogens (tertiary/aromatic N) is 2. The van der Waals surface area contributed by atoms with Crippen LogP contribution in [0.3, 0.4) is 0 Å². The Kier molecular flexibility index (Phi) is 5.14. The highest BCUT2D eigenvalue weighted by atomic mass is 79.9. The molecule has 7 heteroatoms. The first-order chi connectivity index (χ1) is 14.0. The largest absolute Gasteiger partial charge is 0.496 e. The molecule has 1 aliphatic rings. The highest BCUT2D eigenvalue weighted by Gasteiger charge is 2.29. The van der Waals surface area contributed by atoms with Crippen LogP contribution in [0.5, 0.6) is 5.75 Å². The monoisotopic (exact) mass is 450 g/mol. The number of nitrogens with two attached hydrogens (primary N) is 1. The summed E-state index contributed by atoms with van der Waals surface area (Å²) in [6, 6.07) is 16.6. The molecule has 0 fully saturated rings. The average molecular weight is 451 g/mol. The molecule has 4 rings (SSSR count). The number of nitrogens with one attached hydrogen (secondary N) is 1. The zero-order chi connectivity index (χ0) is 20.5. The number of hydrogen-bond donors (Lipinski definition) is 2. The van der Waals surface area contributed by atoms with Gasteiger partial charge in [0, 0.05) is 16.6 Å². The second kappa shape index (κ2) is 7.74. The second-order valence-corrected chi connectivity index (χ2v) is 7.78. The van der Waals surface area contributed by atoms with Crippen molar-refractivity contribution < 1.29 is 9.53 Å². The molecule has 29 heavy (non-hydrogen) atoms. The molecule has 1 atom stereocenters. The highest BCUT2D eigenvalue weighted by molar-refractivity contribution is 9.10. The van der Waals surface area contributed by atoms with E-state index in [4.69, 9.17) is 10.5 Å². The zero-order valence-electron chi connectivity index (χ0n) is 15.8. The van der Waals surface area contributed by atoms with Crippen molar-refractivity contribution in [3.63, 3.8) is 0 Å². The van der Waals surface area contributed by atoms with Gasteiger partial charge < -0.3 is 20.7 Å². The van der Waals surface area contributed by atoms with Crippen LogP contribution in [0.15, 0.2) is 53.0 Å². The van der Waals surface area contributed by atoms with Crippen LogP contribution in [0.4, 0.5) is 11.4 Å². The van der Waals surface area contributed by atoms with E-state index < -0.39 is 6.04 Å². The van der Waals surface area contributed by atoms with E-state index in [9.17, 15) is 10.1 Å². The summed E-state index contributed by atoms with van der Waals surface area (Å²) in [6.07, 6.45) is 0. The lowest BCUT2D eigenvalue weighted by Gasteiger charge is -2.26. The van der Waals surface area contributed by atoms with E-state index in [-0.39, 0.29) is 5.91 Å². The van der Waals surface area contributed by atoms with Gasteiger partial charge in [-0.25, -0.2) is 0 Å². The van der Waals surface area contributed by atoms with Crippen LogP contribution in [0.2, 0.25) is 0 Å². The molecule has 0 aliphatic carbocycles. The van der Waals surface area contributed by atoms with Gasteiger partial charge >= 0.3 is 0 Å². The first-order valence-corrected chi connectivity index (χ1v) is 9.91. The number of halogens is 1. The summed E-state index contributed by atoms with van der Waals surface area (Å²) in [5.74, 6) is 0.519. The zero-order valence-corrected chi connectivity index (χ0v) is 17.4. The maximum atomic E-state index is 13.1. The third-order valence-corrected chi connectivity index (χ3v) is 5.59. The minimum Gasteiger partial charge on any atom is -0.496 e. The number of fused-ring (bicyclic) bond motifs is 2. The fraction of sp³-hybridized carbons (Fsp3) is 0.182. The van der Waals surface area contributed by atoms with Crippen LogP contribution in [0.1, 0.15) is 11.1 Å². The SMILES string of the molecule is COc1ccc2cc(Br)ccc2c1CN1C(=O)C(N)CNc2cc(C#N)ccc21. The Bertz CT molecular complexity index is 1160. The van der Waals surface area contributed by atoms with Crippen LogP contribution < -0.4 is 20.7 Å². The molecule has 0 spiro atoms. The Labute approximate surface area is 177 Å². The van der Waals surface area contributed by atoms with Crippen LogP contribution in [0.25, 0.3) is 10.8 Å². The van der Waals surface area contributed by atoms with Crippen molar-refractivity contribution >= 4 is 44.0 Å². The molecule has 1 aliphatic heterocycles. The summed E-state index contributed by atoms with van der Waals surface area (Å²) in [6.45, 7) is 0.603. The van der Waals surface area contributed by atoms with Crippen molar-refractivity contribution in [1.29, 1.82) is 5.26 Å². The summed E-state index contributed by atoms with van der Waals surface area (Å²) < 4.78 is 6.58. The molecule has 6 nitrogen and oxygen atoms in total. The lowest BCUT2D eigenvalue weighted by molar-refractivity contribution is -0.119. The molecule has 0 radical (unpaired) electrons. The number of rotatable bonds is 3. The van der Waals surface area contributed by atoms with Crippen LogP contribution >= 0.6 is 15.9 Å². The number of nitriles is 1. The molecule has 3 aromatic carbocycles. The summed E-state index contributed by atoms with van der Waals surface area (Å²) in [5.41, 5.74) is 8.95. The van der Waals surface area contributed by atoms with Crippen molar-refractivity contribution in [1.82, 2.24) is 0 Å². The van der Waals surface area contributed by atoms with Crippen molar-refractivity contribution in [3.05, 3.63) is 64.1 Å².